The second-order valence-corrected chi connectivity index (χ2v) is 3.80. The summed E-state index contributed by atoms with van der Waals surface area (Å²) in [5.74, 6) is 0.493. The van der Waals surface area contributed by atoms with Crippen LogP contribution in [0.25, 0.3) is 0 Å². The van der Waals surface area contributed by atoms with Gasteiger partial charge in [0.15, 0.2) is 6.07 Å². The molecular formula is C11H21ClO2. The summed E-state index contributed by atoms with van der Waals surface area (Å²) in [5.41, 5.74) is 0. The van der Waals surface area contributed by atoms with E-state index >= 15 is 0 Å². The van der Waals surface area contributed by atoms with Gasteiger partial charge in [-0.15, -0.1) is 0 Å². The summed E-state index contributed by atoms with van der Waals surface area (Å²) >= 11 is 5.29. The maximum absolute atomic E-state index is 11.0. The maximum atomic E-state index is 11.0. The van der Waals surface area contributed by atoms with E-state index in [4.69, 9.17) is 11.6 Å². The van der Waals surface area contributed by atoms with Crippen molar-refractivity contribution in [3.8, 4) is 0 Å². The van der Waals surface area contributed by atoms with E-state index < -0.39 is 0 Å². The Hall–Kier alpha value is -0.240. The Kier molecular flexibility index (Phi) is 9.16. The SMILES string of the molecule is CCCCC(CC)CCC(=O)OCCl. The lowest BCUT2D eigenvalue weighted by Crippen LogP contribution is -2.07. The van der Waals surface area contributed by atoms with Crippen LogP contribution >= 0.6 is 11.6 Å². The predicted molar refractivity (Wildman–Crippen MR) is 59.4 cm³/mol. The Morgan fingerprint density at radius 3 is 2.57 bits per heavy atom. The molecule has 0 aliphatic heterocycles. The third kappa shape index (κ3) is 7.19. The highest BCUT2D eigenvalue weighted by molar-refractivity contribution is 6.17. The van der Waals surface area contributed by atoms with Gasteiger partial charge in [-0.3, -0.25) is 4.79 Å². The monoisotopic (exact) mass is 220 g/mol. The average Bonchev–Trinajstić information content (AvgIpc) is 2.19. The van der Waals surface area contributed by atoms with Crippen molar-refractivity contribution in [1.82, 2.24) is 0 Å². The molecule has 0 fully saturated rings. The number of rotatable bonds is 8. The summed E-state index contributed by atoms with van der Waals surface area (Å²) in [6, 6.07) is -0.0232. The van der Waals surface area contributed by atoms with E-state index in [1.54, 1.807) is 0 Å². The minimum absolute atomic E-state index is 0.0232. The van der Waals surface area contributed by atoms with Crippen LogP contribution in [0.1, 0.15) is 52.4 Å². The molecule has 1 unspecified atom stereocenters. The van der Waals surface area contributed by atoms with Crippen molar-refractivity contribution in [2.24, 2.45) is 5.92 Å². The first-order valence-corrected chi connectivity index (χ1v) is 5.99. The van der Waals surface area contributed by atoms with Crippen molar-refractivity contribution in [3.05, 3.63) is 0 Å². The first-order valence-electron chi connectivity index (χ1n) is 5.46. The molecule has 1 atom stereocenters. The van der Waals surface area contributed by atoms with E-state index in [2.05, 4.69) is 18.6 Å². The number of alkyl halides is 1. The highest BCUT2D eigenvalue weighted by Crippen LogP contribution is 2.18. The van der Waals surface area contributed by atoms with E-state index in [1.807, 2.05) is 0 Å². The van der Waals surface area contributed by atoms with Crippen molar-refractivity contribution in [2.45, 2.75) is 52.4 Å². The zero-order chi connectivity index (χ0) is 10.8. The molecule has 0 heterocycles. The van der Waals surface area contributed by atoms with Crippen LogP contribution in [0, 0.1) is 5.92 Å². The zero-order valence-corrected chi connectivity index (χ0v) is 9.98. The van der Waals surface area contributed by atoms with Crippen molar-refractivity contribution >= 4 is 17.6 Å². The molecule has 0 aromatic rings. The number of carbonyl (C=O) groups is 1. The lowest BCUT2D eigenvalue weighted by Gasteiger charge is -2.13. The standard InChI is InChI=1S/C11H21ClO2/c1-3-5-6-10(4-2)7-8-11(13)14-9-12/h10H,3-9H2,1-2H3. The van der Waals surface area contributed by atoms with Crippen LogP contribution in [0.3, 0.4) is 0 Å². The van der Waals surface area contributed by atoms with Gasteiger partial charge in [0.25, 0.3) is 0 Å². The van der Waals surface area contributed by atoms with E-state index in [1.165, 1.54) is 19.3 Å². The molecule has 84 valence electrons. The van der Waals surface area contributed by atoms with Gasteiger partial charge in [0.05, 0.1) is 0 Å². The number of ether oxygens (including phenoxy) is 1. The van der Waals surface area contributed by atoms with Crippen LogP contribution in [0.2, 0.25) is 0 Å². The number of unbranched alkanes of at least 4 members (excludes halogenated alkanes) is 1. The van der Waals surface area contributed by atoms with Gasteiger partial charge in [-0.1, -0.05) is 51.1 Å². The van der Waals surface area contributed by atoms with Gasteiger partial charge in [-0.25, -0.2) is 0 Å². The quantitative estimate of drug-likeness (QED) is 0.460. The maximum Gasteiger partial charge on any atom is 0.306 e. The van der Waals surface area contributed by atoms with E-state index in [0.717, 1.165) is 12.8 Å². The fraction of sp³-hybridized carbons (Fsp3) is 0.909. The predicted octanol–water partition coefficient (Wildman–Crippen LogP) is 3.72. The first-order chi connectivity index (χ1) is 6.74. The molecule has 14 heavy (non-hydrogen) atoms. The second-order valence-electron chi connectivity index (χ2n) is 3.58. The highest BCUT2D eigenvalue weighted by Gasteiger charge is 2.09. The summed E-state index contributed by atoms with van der Waals surface area (Å²) in [6.07, 6.45) is 6.29. The fourth-order valence-electron chi connectivity index (χ4n) is 1.50. The van der Waals surface area contributed by atoms with Crippen LogP contribution < -0.4 is 0 Å². The topological polar surface area (TPSA) is 26.3 Å². The molecule has 0 N–H and O–H groups in total. The Morgan fingerprint density at radius 2 is 2.07 bits per heavy atom. The van der Waals surface area contributed by atoms with Crippen molar-refractivity contribution in [1.29, 1.82) is 0 Å². The summed E-state index contributed by atoms with van der Waals surface area (Å²) in [5, 5.41) is 0. The number of esters is 1. The minimum atomic E-state index is -0.171. The number of hydrogen-bond acceptors (Lipinski definition) is 2. The van der Waals surface area contributed by atoms with Gasteiger partial charge in [0, 0.05) is 6.42 Å². The molecule has 0 radical (unpaired) electrons. The van der Waals surface area contributed by atoms with Gasteiger partial charge < -0.3 is 4.74 Å². The Balaban J connectivity index is 3.55. The number of carbonyl (C=O) groups excluding carboxylic acids is 1. The number of halogens is 1. The Labute approximate surface area is 92.0 Å². The molecule has 3 heteroatoms. The van der Waals surface area contributed by atoms with E-state index in [-0.39, 0.29) is 12.0 Å². The molecule has 0 amide bonds. The van der Waals surface area contributed by atoms with E-state index in [9.17, 15) is 4.79 Å². The summed E-state index contributed by atoms with van der Waals surface area (Å²) in [7, 11) is 0. The van der Waals surface area contributed by atoms with Crippen LogP contribution in [0.5, 0.6) is 0 Å². The van der Waals surface area contributed by atoms with Crippen LogP contribution in [-0.4, -0.2) is 12.0 Å². The molecule has 0 rings (SSSR count). The second kappa shape index (κ2) is 9.32. The molecule has 0 aliphatic carbocycles. The van der Waals surface area contributed by atoms with Gasteiger partial charge in [0.2, 0.25) is 0 Å². The van der Waals surface area contributed by atoms with Gasteiger partial charge in [0.1, 0.15) is 0 Å². The summed E-state index contributed by atoms with van der Waals surface area (Å²) in [4.78, 5) is 11.0. The normalized spacial score (nSPS) is 12.5. The molecule has 0 saturated heterocycles. The first kappa shape index (κ1) is 13.8. The van der Waals surface area contributed by atoms with Crippen LogP contribution in [0.15, 0.2) is 0 Å². The van der Waals surface area contributed by atoms with Gasteiger partial charge >= 0.3 is 5.97 Å². The third-order valence-electron chi connectivity index (χ3n) is 2.52. The largest absolute Gasteiger partial charge is 0.449 e. The van der Waals surface area contributed by atoms with E-state index in [0.29, 0.717) is 12.3 Å². The summed E-state index contributed by atoms with van der Waals surface area (Å²) in [6.45, 7) is 4.36. The fourth-order valence-corrected chi connectivity index (χ4v) is 1.62. The molecule has 0 spiro atoms. The smallest absolute Gasteiger partial charge is 0.306 e. The molecular weight excluding hydrogens is 200 g/mol. The molecule has 2 nitrogen and oxygen atoms in total. The lowest BCUT2D eigenvalue weighted by atomic mass is 9.94. The van der Waals surface area contributed by atoms with Crippen molar-refractivity contribution in [3.63, 3.8) is 0 Å². The van der Waals surface area contributed by atoms with Gasteiger partial charge in [-0.05, 0) is 12.3 Å². The van der Waals surface area contributed by atoms with Crippen molar-refractivity contribution < 1.29 is 9.53 Å². The zero-order valence-electron chi connectivity index (χ0n) is 9.22. The average molecular weight is 221 g/mol. The van der Waals surface area contributed by atoms with Crippen molar-refractivity contribution in [2.75, 3.05) is 6.07 Å². The molecule has 0 bridgehead atoms. The van der Waals surface area contributed by atoms with Gasteiger partial charge in [-0.2, -0.15) is 0 Å². The highest BCUT2D eigenvalue weighted by atomic mass is 35.5. The Bertz CT molecular complexity index is 148. The van der Waals surface area contributed by atoms with Crippen LogP contribution in [0.4, 0.5) is 0 Å². The Morgan fingerprint density at radius 1 is 1.36 bits per heavy atom. The summed E-state index contributed by atoms with van der Waals surface area (Å²) < 4.78 is 4.67. The molecule has 0 aliphatic rings. The molecule has 0 aromatic heterocycles. The van der Waals surface area contributed by atoms with Crippen LogP contribution in [-0.2, 0) is 9.53 Å². The lowest BCUT2D eigenvalue weighted by molar-refractivity contribution is -0.141. The third-order valence-corrected chi connectivity index (χ3v) is 2.62. The molecule has 0 saturated carbocycles. The molecule has 0 aromatic carbocycles. The number of hydrogen-bond donors (Lipinski definition) is 0. The minimum Gasteiger partial charge on any atom is -0.449 e.